The van der Waals surface area contributed by atoms with Crippen LogP contribution in [0.2, 0.25) is 0 Å². The zero-order chi connectivity index (χ0) is 27.0. The van der Waals surface area contributed by atoms with Gasteiger partial charge in [0, 0.05) is 48.4 Å². The summed E-state index contributed by atoms with van der Waals surface area (Å²) in [6, 6.07) is 7.28. The van der Waals surface area contributed by atoms with Crippen molar-refractivity contribution in [3.05, 3.63) is 47.3 Å². The van der Waals surface area contributed by atoms with Crippen LogP contribution in [0.4, 0.5) is 11.5 Å². The van der Waals surface area contributed by atoms with Crippen LogP contribution in [0.5, 0.6) is 5.75 Å². The number of nitrogens with one attached hydrogen (secondary N) is 1. The lowest BCUT2D eigenvalue weighted by atomic mass is 9.65. The van der Waals surface area contributed by atoms with Gasteiger partial charge in [-0.25, -0.2) is 5.84 Å². The first-order valence-electron chi connectivity index (χ1n) is 12.9. The lowest BCUT2D eigenvalue weighted by molar-refractivity contribution is 0.103. The second-order valence-corrected chi connectivity index (χ2v) is 10.7. The van der Waals surface area contributed by atoms with Crippen LogP contribution in [0.3, 0.4) is 0 Å². The van der Waals surface area contributed by atoms with Gasteiger partial charge in [-0.05, 0) is 68.2 Å². The van der Waals surface area contributed by atoms with Crippen LogP contribution in [-0.2, 0) is 6.54 Å². The molecule has 0 amide bonds. The number of ether oxygens (including phenoxy) is 1. The van der Waals surface area contributed by atoms with E-state index in [4.69, 9.17) is 33.2 Å². The maximum Gasteiger partial charge on any atom is 0.151 e. The molecule has 1 saturated carbocycles. The molecule has 0 atom stereocenters. The van der Waals surface area contributed by atoms with Gasteiger partial charge in [0.25, 0.3) is 0 Å². The fraction of sp³-hybridized carbons (Fsp3) is 0.519. The summed E-state index contributed by atoms with van der Waals surface area (Å²) in [6.07, 6.45) is 9.08. The number of piperidine rings is 1. The van der Waals surface area contributed by atoms with Gasteiger partial charge in [-0.15, -0.1) is 5.10 Å². The Bertz CT molecular complexity index is 1050. The molecular weight excluding hydrogens is 466 g/mol. The number of rotatable bonds is 8. The average molecular weight is 510 g/mol. The highest BCUT2D eigenvalue weighted by Crippen LogP contribution is 2.43. The van der Waals surface area contributed by atoms with Crippen molar-refractivity contribution in [1.82, 2.24) is 15.2 Å². The van der Waals surface area contributed by atoms with Gasteiger partial charge in [0.2, 0.25) is 0 Å². The van der Waals surface area contributed by atoms with Crippen LogP contribution in [0, 0.1) is 16.7 Å². The Morgan fingerprint density at radius 2 is 1.89 bits per heavy atom. The third-order valence-electron chi connectivity index (χ3n) is 6.93. The Kier molecular flexibility index (Phi) is 9.71. The molecule has 2 fully saturated rings. The summed E-state index contributed by atoms with van der Waals surface area (Å²) in [6.45, 7) is 7.89. The van der Waals surface area contributed by atoms with Crippen molar-refractivity contribution in [3.8, 4) is 5.75 Å². The molecule has 37 heavy (non-hydrogen) atoms. The van der Waals surface area contributed by atoms with Crippen molar-refractivity contribution in [1.29, 1.82) is 5.41 Å². The van der Waals surface area contributed by atoms with Crippen LogP contribution >= 0.6 is 0 Å². The second kappa shape index (κ2) is 12.7. The minimum absolute atomic E-state index is 0.341. The van der Waals surface area contributed by atoms with Crippen molar-refractivity contribution in [2.24, 2.45) is 28.6 Å². The molecular formula is C27H43N9O. The van der Waals surface area contributed by atoms with Crippen molar-refractivity contribution >= 4 is 23.4 Å². The Labute approximate surface area is 220 Å². The van der Waals surface area contributed by atoms with E-state index in [9.17, 15) is 0 Å². The Morgan fingerprint density at radius 1 is 1.19 bits per heavy atom. The first kappa shape index (κ1) is 28.2. The third-order valence-corrected chi connectivity index (χ3v) is 6.93. The first-order valence-corrected chi connectivity index (χ1v) is 12.9. The molecule has 2 heterocycles. The third kappa shape index (κ3) is 7.80. The van der Waals surface area contributed by atoms with E-state index in [2.05, 4.69) is 28.9 Å². The second-order valence-electron chi connectivity index (χ2n) is 10.7. The molecule has 0 unspecified atom stereocenters. The van der Waals surface area contributed by atoms with Gasteiger partial charge in [-0.3, -0.25) is 0 Å². The van der Waals surface area contributed by atoms with E-state index in [0.29, 0.717) is 40.2 Å². The summed E-state index contributed by atoms with van der Waals surface area (Å²) in [5, 5.41) is 17.7. The van der Waals surface area contributed by atoms with E-state index in [1.807, 2.05) is 12.1 Å². The topological polar surface area (TPSA) is 169 Å². The van der Waals surface area contributed by atoms with Gasteiger partial charge in [0.1, 0.15) is 5.75 Å². The summed E-state index contributed by atoms with van der Waals surface area (Å²) >= 11 is 0. The van der Waals surface area contributed by atoms with Crippen molar-refractivity contribution < 1.29 is 4.74 Å². The van der Waals surface area contributed by atoms with Crippen molar-refractivity contribution in [2.75, 3.05) is 37.4 Å². The van der Waals surface area contributed by atoms with Gasteiger partial charge in [-0.2, -0.15) is 5.10 Å². The van der Waals surface area contributed by atoms with Gasteiger partial charge in [-0.1, -0.05) is 13.8 Å². The van der Waals surface area contributed by atoms with Crippen LogP contribution in [0.15, 0.2) is 30.5 Å². The zero-order valence-corrected chi connectivity index (χ0v) is 22.4. The Hall–Kier alpha value is -3.37. The van der Waals surface area contributed by atoms with E-state index in [-0.39, 0.29) is 0 Å². The van der Waals surface area contributed by atoms with Crippen LogP contribution < -0.4 is 32.7 Å². The number of hydrogen-bond acceptors (Lipinski definition) is 10. The molecule has 1 aliphatic carbocycles. The molecule has 0 spiro atoms. The predicted octanol–water partition coefficient (Wildman–Crippen LogP) is 3.07. The highest BCUT2D eigenvalue weighted by molar-refractivity contribution is 5.93. The lowest BCUT2D eigenvalue weighted by Crippen LogP contribution is -2.36. The molecule has 1 aromatic heterocycles. The summed E-state index contributed by atoms with van der Waals surface area (Å²) < 4.78 is 5.24. The molecule has 202 valence electrons. The lowest BCUT2D eigenvalue weighted by Gasteiger charge is -2.42. The average Bonchev–Trinajstić information content (AvgIpc) is 2.87. The minimum Gasteiger partial charge on any atom is -0.497 e. The molecule has 1 aromatic carbocycles. The van der Waals surface area contributed by atoms with Crippen molar-refractivity contribution in [2.45, 2.75) is 52.5 Å². The largest absolute Gasteiger partial charge is 0.497 e. The summed E-state index contributed by atoms with van der Waals surface area (Å²) in [4.78, 5) is 2.25. The zero-order valence-electron chi connectivity index (χ0n) is 22.4. The fourth-order valence-electron chi connectivity index (χ4n) is 5.05. The Balaban J connectivity index is 0.000000405. The molecule has 10 heteroatoms. The van der Waals surface area contributed by atoms with Crippen LogP contribution in [-0.4, -0.2) is 48.2 Å². The number of hydrazine groups is 1. The molecule has 10 nitrogen and oxygen atoms in total. The van der Waals surface area contributed by atoms with E-state index >= 15 is 0 Å². The standard InChI is InChI=1S/C20H28N8O.C7H15N/c1-29-15-9-16(17(11-21)18(22)10-15)19(23)13-28(24)12-14-5-6-20(26-25-14)27-7-3-2-4-8-27;1-7(2)3-6(4-7)5-8/h5-6,9-11,13,21H,2-4,7-8,12,22-24H2,1H3;6H,3-5,8H2,1-2H3/b19-13-,21-11?;. The van der Waals surface area contributed by atoms with Gasteiger partial charge >= 0.3 is 0 Å². The molecule has 1 saturated heterocycles. The molecule has 1 aliphatic heterocycles. The fourth-order valence-corrected chi connectivity index (χ4v) is 5.05. The highest BCUT2D eigenvalue weighted by atomic mass is 16.5. The molecule has 0 radical (unpaired) electrons. The Morgan fingerprint density at radius 3 is 2.41 bits per heavy atom. The predicted molar refractivity (Wildman–Crippen MR) is 151 cm³/mol. The van der Waals surface area contributed by atoms with Gasteiger partial charge in [0.15, 0.2) is 5.82 Å². The number of nitrogen functional groups attached to an aromatic ring is 1. The molecule has 9 N–H and O–H groups in total. The smallest absolute Gasteiger partial charge is 0.151 e. The summed E-state index contributed by atoms with van der Waals surface area (Å²) in [5.41, 5.74) is 20.9. The number of anilines is 2. The molecule has 2 aliphatic rings. The number of nitrogens with zero attached hydrogens (tertiary/aromatic N) is 4. The molecule has 2 aromatic rings. The minimum atomic E-state index is 0.341. The quantitative estimate of drug-likeness (QED) is 0.155. The number of hydrogen-bond donors (Lipinski definition) is 5. The highest BCUT2D eigenvalue weighted by Gasteiger charge is 2.34. The number of benzene rings is 1. The number of methoxy groups -OCH3 is 1. The first-order chi connectivity index (χ1) is 17.7. The summed E-state index contributed by atoms with van der Waals surface area (Å²) in [5.74, 6) is 8.40. The maximum atomic E-state index is 7.62. The number of nitrogens with two attached hydrogens (primary N) is 4. The van der Waals surface area contributed by atoms with E-state index < -0.39 is 0 Å². The van der Waals surface area contributed by atoms with Gasteiger partial charge < -0.3 is 37.3 Å². The monoisotopic (exact) mass is 509 g/mol. The SMILES string of the molecule is CC1(C)CC(CN)C1.COc1cc(N)c(C=N)c(/C(N)=C/N(N)Cc2ccc(N3CCCCC3)nn2)c1. The normalized spacial score (nSPS) is 17.3. The van der Waals surface area contributed by atoms with Crippen molar-refractivity contribution in [3.63, 3.8) is 0 Å². The van der Waals surface area contributed by atoms with E-state index in [0.717, 1.165) is 43.3 Å². The summed E-state index contributed by atoms with van der Waals surface area (Å²) in [7, 11) is 1.55. The number of aromatic nitrogens is 2. The van der Waals surface area contributed by atoms with E-state index in [1.165, 1.54) is 37.1 Å². The molecule has 4 rings (SSSR count). The molecule has 0 bridgehead atoms. The van der Waals surface area contributed by atoms with Gasteiger partial charge in [0.05, 0.1) is 25.0 Å². The van der Waals surface area contributed by atoms with E-state index in [1.54, 1.807) is 25.4 Å². The van der Waals surface area contributed by atoms with Crippen LogP contribution in [0.25, 0.3) is 5.70 Å². The maximum absolute atomic E-state index is 7.62. The van der Waals surface area contributed by atoms with Crippen LogP contribution in [0.1, 0.15) is 62.8 Å².